The monoisotopic (exact) mass is 278 g/mol. The maximum atomic E-state index is 5.75. The number of aromatic nitrogens is 4. The van der Waals surface area contributed by atoms with E-state index in [0.29, 0.717) is 35.7 Å². The van der Waals surface area contributed by atoms with Gasteiger partial charge in [0.2, 0.25) is 11.8 Å². The second kappa shape index (κ2) is 6.04. The molecule has 0 unspecified atom stereocenters. The molecule has 0 radical (unpaired) electrons. The molecule has 20 heavy (non-hydrogen) atoms. The maximum absolute atomic E-state index is 5.75. The fourth-order valence-electron chi connectivity index (χ4n) is 2.29. The minimum absolute atomic E-state index is 0.171. The Morgan fingerprint density at radius 2 is 1.95 bits per heavy atom. The Labute approximate surface area is 118 Å². The molecule has 2 aromatic rings. The highest BCUT2D eigenvalue weighted by Gasteiger charge is 2.14. The molecule has 0 aromatic carbocycles. The van der Waals surface area contributed by atoms with Gasteiger partial charge < -0.3 is 15.5 Å². The van der Waals surface area contributed by atoms with Crippen molar-refractivity contribution in [1.82, 2.24) is 24.8 Å². The molecule has 2 heterocycles. The van der Waals surface area contributed by atoms with E-state index < -0.39 is 0 Å². The zero-order valence-corrected chi connectivity index (χ0v) is 12.4. The van der Waals surface area contributed by atoms with Gasteiger partial charge in [-0.1, -0.05) is 0 Å². The van der Waals surface area contributed by atoms with E-state index in [2.05, 4.69) is 52.5 Å². The molecule has 0 aliphatic carbocycles. The average molecular weight is 278 g/mol. The van der Waals surface area contributed by atoms with Crippen LogP contribution in [0.3, 0.4) is 0 Å². The van der Waals surface area contributed by atoms with Crippen molar-refractivity contribution in [2.45, 2.75) is 39.8 Å². The Morgan fingerprint density at radius 1 is 1.25 bits per heavy atom. The van der Waals surface area contributed by atoms with Gasteiger partial charge in [0.25, 0.3) is 0 Å². The first-order valence-corrected chi connectivity index (χ1v) is 6.84. The third-order valence-corrected chi connectivity index (χ3v) is 3.18. The van der Waals surface area contributed by atoms with Crippen LogP contribution in [0, 0.1) is 0 Å². The van der Waals surface area contributed by atoms with Gasteiger partial charge in [-0.2, -0.15) is 9.97 Å². The summed E-state index contributed by atoms with van der Waals surface area (Å²) in [6.45, 7) is 10.1. The van der Waals surface area contributed by atoms with E-state index in [1.54, 1.807) is 6.33 Å². The third-order valence-electron chi connectivity index (χ3n) is 3.18. The van der Waals surface area contributed by atoms with Gasteiger partial charge in [-0.3, -0.25) is 4.90 Å². The van der Waals surface area contributed by atoms with Crippen molar-refractivity contribution in [1.29, 1.82) is 0 Å². The van der Waals surface area contributed by atoms with E-state index >= 15 is 0 Å². The van der Waals surface area contributed by atoms with Crippen molar-refractivity contribution in [3.05, 3.63) is 6.33 Å². The summed E-state index contributed by atoms with van der Waals surface area (Å²) in [6.07, 6.45) is 1.56. The number of rotatable bonds is 6. The number of hydrogen-bond donors (Lipinski definition) is 2. The standard InChI is InChI=1S/C13H22N6O/c1-8(2)19(9(3)4)5-6-20-12-10-11(16-7-15-10)17-13(14)18-12/h7-9H,5-6H2,1-4H3,(H3,14,15,16,17,18). The highest BCUT2D eigenvalue weighted by atomic mass is 16.5. The number of nitrogen functional groups attached to an aromatic ring is 1. The Morgan fingerprint density at radius 3 is 2.60 bits per heavy atom. The highest BCUT2D eigenvalue weighted by molar-refractivity contribution is 5.76. The maximum Gasteiger partial charge on any atom is 0.245 e. The first-order valence-electron chi connectivity index (χ1n) is 6.84. The number of anilines is 1. The minimum Gasteiger partial charge on any atom is -0.475 e. The van der Waals surface area contributed by atoms with Crippen LogP contribution in [0.25, 0.3) is 11.2 Å². The minimum atomic E-state index is 0.171. The van der Waals surface area contributed by atoms with Gasteiger partial charge in [0.05, 0.1) is 6.33 Å². The third kappa shape index (κ3) is 3.16. The molecule has 0 aliphatic rings. The number of imidazole rings is 1. The molecular weight excluding hydrogens is 256 g/mol. The fourth-order valence-corrected chi connectivity index (χ4v) is 2.29. The van der Waals surface area contributed by atoms with Crippen molar-refractivity contribution in [3.8, 4) is 5.88 Å². The van der Waals surface area contributed by atoms with Crippen LogP contribution < -0.4 is 10.5 Å². The summed E-state index contributed by atoms with van der Waals surface area (Å²) in [7, 11) is 0. The molecule has 0 atom stereocenters. The van der Waals surface area contributed by atoms with Gasteiger partial charge in [0.15, 0.2) is 5.65 Å². The normalized spacial score (nSPS) is 11.9. The van der Waals surface area contributed by atoms with Gasteiger partial charge in [-0.25, -0.2) is 4.98 Å². The van der Waals surface area contributed by atoms with Crippen LogP contribution in [0.1, 0.15) is 27.7 Å². The molecule has 2 rings (SSSR count). The molecule has 0 spiro atoms. The van der Waals surface area contributed by atoms with Gasteiger partial charge >= 0.3 is 0 Å². The van der Waals surface area contributed by atoms with E-state index in [0.717, 1.165) is 6.54 Å². The number of nitrogens with zero attached hydrogens (tertiary/aromatic N) is 4. The van der Waals surface area contributed by atoms with Crippen LogP contribution in [0.2, 0.25) is 0 Å². The Kier molecular flexibility index (Phi) is 4.39. The van der Waals surface area contributed by atoms with Crippen molar-refractivity contribution in [2.24, 2.45) is 0 Å². The summed E-state index contributed by atoms with van der Waals surface area (Å²) in [5, 5.41) is 0. The second-order valence-electron chi connectivity index (χ2n) is 5.26. The zero-order chi connectivity index (χ0) is 14.7. The summed E-state index contributed by atoms with van der Waals surface area (Å²) in [5.74, 6) is 0.627. The van der Waals surface area contributed by atoms with Crippen LogP contribution in [0.5, 0.6) is 5.88 Å². The van der Waals surface area contributed by atoms with Crippen LogP contribution in [-0.2, 0) is 0 Å². The SMILES string of the molecule is CC(C)N(CCOc1nc(N)nc2nc[nH]c12)C(C)C. The Balaban J connectivity index is 2.04. The van der Waals surface area contributed by atoms with Crippen LogP contribution in [0.4, 0.5) is 5.95 Å². The molecule has 0 saturated heterocycles. The summed E-state index contributed by atoms with van der Waals surface area (Å²) in [4.78, 5) is 17.5. The summed E-state index contributed by atoms with van der Waals surface area (Å²) in [5.41, 5.74) is 6.85. The topological polar surface area (TPSA) is 92.9 Å². The quantitative estimate of drug-likeness (QED) is 0.830. The van der Waals surface area contributed by atoms with Crippen molar-refractivity contribution in [2.75, 3.05) is 18.9 Å². The summed E-state index contributed by atoms with van der Waals surface area (Å²) >= 11 is 0. The predicted octanol–water partition coefficient (Wildman–Crippen LogP) is 1.43. The molecule has 0 saturated carbocycles. The zero-order valence-electron chi connectivity index (χ0n) is 12.4. The van der Waals surface area contributed by atoms with Crippen molar-refractivity contribution >= 4 is 17.1 Å². The molecule has 0 aliphatic heterocycles. The lowest BCUT2D eigenvalue weighted by atomic mass is 10.2. The van der Waals surface area contributed by atoms with Crippen LogP contribution >= 0.6 is 0 Å². The van der Waals surface area contributed by atoms with E-state index in [4.69, 9.17) is 10.5 Å². The van der Waals surface area contributed by atoms with Crippen molar-refractivity contribution < 1.29 is 4.74 Å². The van der Waals surface area contributed by atoms with Crippen LogP contribution in [-0.4, -0.2) is 50.1 Å². The number of ether oxygens (including phenoxy) is 1. The molecule has 0 amide bonds. The average Bonchev–Trinajstić information content (AvgIpc) is 2.81. The largest absolute Gasteiger partial charge is 0.475 e. The molecule has 2 aromatic heterocycles. The first kappa shape index (κ1) is 14.5. The lowest BCUT2D eigenvalue weighted by Crippen LogP contribution is -2.39. The van der Waals surface area contributed by atoms with Gasteiger partial charge in [-0.15, -0.1) is 0 Å². The Bertz CT molecular complexity index is 557. The molecule has 7 nitrogen and oxygen atoms in total. The van der Waals surface area contributed by atoms with E-state index in [1.165, 1.54) is 0 Å². The Hall–Kier alpha value is -1.89. The molecule has 0 bridgehead atoms. The fraction of sp³-hybridized carbons (Fsp3) is 0.615. The summed E-state index contributed by atoms with van der Waals surface area (Å²) in [6, 6.07) is 0.947. The molecule has 7 heteroatoms. The van der Waals surface area contributed by atoms with E-state index in [9.17, 15) is 0 Å². The van der Waals surface area contributed by atoms with E-state index in [1.807, 2.05) is 0 Å². The highest BCUT2D eigenvalue weighted by Crippen LogP contribution is 2.19. The number of H-pyrrole nitrogens is 1. The second-order valence-corrected chi connectivity index (χ2v) is 5.26. The molecule has 3 N–H and O–H groups in total. The lowest BCUT2D eigenvalue weighted by molar-refractivity contribution is 0.140. The number of fused-ring (bicyclic) bond motifs is 1. The smallest absolute Gasteiger partial charge is 0.245 e. The van der Waals surface area contributed by atoms with Crippen LogP contribution in [0.15, 0.2) is 6.33 Å². The summed E-state index contributed by atoms with van der Waals surface area (Å²) < 4.78 is 5.75. The number of hydrogen-bond acceptors (Lipinski definition) is 6. The van der Waals surface area contributed by atoms with Gasteiger partial charge in [-0.05, 0) is 27.7 Å². The van der Waals surface area contributed by atoms with Gasteiger partial charge in [0.1, 0.15) is 12.1 Å². The number of aromatic amines is 1. The molecule has 0 fully saturated rings. The number of nitrogens with one attached hydrogen (secondary N) is 1. The van der Waals surface area contributed by atoms with Gasteiger partial charge in [0, 0.05) is 18.6 Å². The van der Waals surface area contributed by atoms with Crippen molar-refractivity contribution in [3.63, 3.8) is 0 Å². The molecular formula is C13H22N6O. The molecule has 110 valence electrons. The first-order chi connectivity index (χ1) is 9.49. The predicted molar refractivity (Wildman–Crippen MR) is 78.6 cm³/mol. The number of nitrogens with two attached hydrogens (primary N) is 1. The lowest BCUT2D eigenvalue weighted by Gasteiger charge is -2.30. The van der Waals surface area contributed by atoms with E-state index in [-0.39, 0.29) is 5.95 Å².